The molecule has 2 aliphatic rings. The molecule has 0 radical (unpaired) electrons. The Kier molecular flexibility index (Phi) is 9.62. The van der Waals surface area contributed by atoms with Crippen molar-refractivity contribution in [3.05, 3.63) is 23.8 Å². The van der Waals surface area contributed by atoms with Crippen LogP contribution in [0.15, 0.2) is 23.8 Å². The first-order valence-electron chi connectivity index (χ1n) is 10.9. The first-order valence-corrected chi connectivity index (χ1v) is 10.9. The van der Waals surface area contributed by atoms with Crippen LogP contribution in [0.2, 0.25) is 0 Å². The maximum absolute atomic E-state index is 10.5. The Morgan fingerprint density at radius 3 is 2.85 bits per heavy atom. The van der Waals surface area contributed by atoms with Gasteiger partial charge in [0.05, 0.1) is 12.2 Å². The molecule has 0 heterocycles. The quantitative estimate of drug-likeness (QED) is 0.307. The van der Waals surface area contributed by atoms with E-state index in [0.717, 1.165) is 32.4 Å². The zero-order valence-electron chi connectivity index (χ0n) is 17.5. The summed E-state index contributed by atoms with van der Waals surface area (Å²) in [6, 6.07) is 0. The maximum Gasteiger partial charge on any atom is 0.0755 e. The fraction of sp³-hybridized carbons (Fsp3) is 0.750. The largest absolute Gasteiger partial charge is 0.392 e. The summed E-state index contributed by atoms with van der Waals surface area (Å²) >= 11 is 0. The van der Waals surface area contributed by atoms with Crippen molar-refractivity contribution < 1.29 is 10.2 Å². The zero-order chi connectivity index (χ0) is 19.6. The minimum absolute atomic E-state index is 0.129. The standard InChI is InChI=1S/C24H39NO2/c1-4-6-10-18(3)23(26)13-12-21-22-16-19(15-20(22)17-24(21)27)11-8-7-9-14-25-5-2/h11-13,18,20-27H,5,7-10,14-17H2,1-3H3/t18-,20+,21-,22+,23-,24-/m1/s1. The summed E-state index contributed by atoms with van der Waals surface area (Å²) in [4.78, 5) is 0. The molecule has 0 aliphatic heterocycles. The van der Waals surface area contributed by atoms with Crippen LogP contribution in [0.5, 0.6) is 0 Å². The van der Waals surface area contributed by atoms with E-state index in [1.165, 1.54) is 19.3 Å². The molecule has 2 rings (SSSR count). The van der Waals surface area contributed by atoms with Gasteiger partial charge < -0.3 is 15.5 Å². The Morgan fingerprint density at radius 2 is 2.11 bits per heavy atom. The Balaban J connectivity index is 1.83. The van der Waals surface area contributed by atoms with Crippen molar-refractivity contribution in [3.8, 4) is 11.8 Å². The first kappa shape index (κ1) is 22.2. The van der Waals surface area contributed by atoms with Crippen molar-refractivity contribution >= 4 is 0 Å². The van der Waals surface area contributed by atoms with Gasteiger partial charge in [-0.3, -0.25) is 0 Å². The van der Waals surface area contributed by atoms with Crippen LogP contribution in [-0.4, -0.2) is 35.5 Å². The zero-order valence-corrected chi connectivity index (χ0v) is 17.5. The number of rotatable bonds is 10. The number of nitrogens with one attached hydrogen (secondary N) is 1. The molecule has 0 aromatic rings. The summed E-state index contributed by atoms with van der Waals surface area (Å²) in [5.74, 6) is 7.40. The fourth-order valence-electron chi connectivity index (χ4n) is 4.63. The fourth-order valence-corrected chi connectivity index (χ4v) is 4.63. The van der Waals surface area contributed by atoms with Crippen molar-refractivity contribution in [1.29, 1.82) is 0 Å². The second-order valence-electron chi connectivity index (χ2n) is 8.41. The Hall–Kier alpha value is -1.08. The third kappa shape index (κ3) is 6.79. The van der Waals surface area contributed by atoms with Crippen molar-refractivity contribution in [2.75, 3.05) is 13.1 Å². The third-order valence-corrected chi connectivity index (χ3v) is 6.32. The molecule has 3 nitrogen and oxygen atoms in total. The molecular weight excluding hydrogens is 334 g/mol. The van der Waals surface area contributed by atoms with E-state index in [1.807, 2.05) is 19.9 Å². The van der Waals surface area contributed by atoms with Crippen molar-refractivity contribution in [2.45, 2.75) is 77.9 Å². The van der Waals surface area contributed by atoms with Gasteiger partial charge in [0, 0.05) is 12.3 Å². The van der Waals surface area contributed by atoms with Crippen LogP contribution >= 0.6 is 0 Å². The van der Waals surface area contributed by atoms with Gasteiger partial charge in [-0.2, -0.15) is 0 Å². The molecule has 0 aromatic carbocycles. The van der Waals surface area contributed by atoms with Gasteiger partial charge in [0.25, 0.3) is 0 Å². The van der Waals surface area contributed by atoms with E-state index in [-0.39, 0.29) is 17.9 Å². The van der Waals surface area contributed by atoms with Crippen LogP contribution in [0.1, 0.15) is 65.7 Å². The number of aliphatic hydroxyl groups excluding tert-OH is 2. The summed E-state index contributed by atoms with van der Waals surface area (Å²) in [5, 5.41) is 24.2. The summed E-state index contributed by atoms with van der Waals surface area (Å²) in [6.07, 6.45) is 13.3. The van der Waals surface area contributed by atoms with Gasteiger partial charge >= 0.3 is 0 Å². The lowest BCUT2D eigenvalue weighted by Gasteiger charge is -2.19. The predicted molar refractivity (Wildman–Crippen MR) is 113 cm³/mol. The molecule has 0 bridgehead atoms. The average Bonchev–Trinajstić information content (AvgIpc) is 3.17. The number of hydrogen-bond donors (Lipinski definition) is 3. The summed E-state index contributed by atoms with van der Waals surface area (Å²) < 4.78 is 0. The highest BCUT2D eigenvalue weighted by molar-refractivity contribution is 5.18. The van der Waals surface area contributed by atoms with E-state index in [9.17, 15) is 10.2 Å². The minimum Gasteiger partial charge on any atom is -0.392 e. The van der Waals surface area contributed by atoms with E-state index >= 15 is 0 Å². The van der Waals surface area contributed by atoms with Crippen LogP contribution in [0.3, 0.4) is 0 Å². The van der Waals surface area contributed by atoms with Gasteiger partial charge in [-0.1, -0.05) is 37.6 Å². The first-order chi connectivity index (χ1) is 13.1. The molecule has 0 aromatic heterocycles. The second-order valence-corrected chi connectivity index (χ2v) is 8.41. The normalized spacial score (nSPS) is 31.1. The van der Waals surface area contributed by atoms with Crippen molar-refractivity contribution in [2.24, 2.45) is 23.7 Å². The predicted octanol–water partition coefficient (Wildman–Crippen LogP) is 4.07. The van der Waals surface area contributed by atoms with E-state index in [1.54, 1.807) is 5.57 Å². The minimum atomic E-state index is -0.481. The molecule has 3 N–H and O–H groups in total. The molecule has 2 fully saturated rings. The van der Waals surface area contributed by atoms with E-state index < -0.39 is 6.10 Å². The van der Waals surface area contributed by atoms with Crippen LogP contribution in [0.4, 0.5) is 0 Å². The monoisotopic (exact) mass is 373 g/mol. The molecule has 3 heteroatoms. The average molecular weight is 374 g/mol. The molecule has 6 atom stereocenters. The molecule has 27 heavy (non-hydrogen) atoms. The topological polar surface area (TPSA) is 52.5 Å². The van der Waals surface area contributed by atoms with Gasteiger partial charge in [0.2, 0.25) is 0 Å². The smallest absolute Gasteiger partial charge is 0.0755 e. The van der Waals surface area contributed by atoms with E-state index in [2.05, 4.69) is 36.2 Å². The van der Waals surface area contributed by atoms with Gasteiger partial charge in [0.1, 0.15) is 0 Å². The molecule has 0 amide bonds. The molecule has 2 saturated carbocycles. The van der Waals surface area contributed by atoms with E-state index in [4.69, 9.17) is 0 Å². The van der Waals surface area contributed by atoms with E-state index in [0.29, 0.717) is 18.3 Å². The summed E-state index contributed by atoms with van der Waals surface area (Å²) in [6.45, 7) is 8.18. The lowest BCUT2D eigenvalue weighted by atomic mass is 9.89. The molecule has 0 spiro atoms. The Morgan fingerprint density at radius 1 is 1.30 bits per heavy atom. The molecule has 2 aliphatic carbocycles. The van der Waals surface area contributed by atoms with Crippen LogP contribution in [0, 0.1) is 35.5 Å². The molecule has 0 unspecified atom stereocenters. The number of unbranched alkanes of at least 4 members (excludes halogenated alkanes) is 2. The maximum atomic E-state index is 10.5. The van der Waals surface area contributed by atoms with Crippen LogP contribution in [-0.2, 0) is 0 Å². The lowest BCUT2D eigenvalue weighted by molar-refractivity contribution is 0.137. The molecule has 0 saturated heterocycles. The summed E-state index contributed by atoms with van der Waals surface area (Å²) in [5.41, 5.74) is 1.59. The molecular formula is C24H39NO2. The van der Waals surface area contributed by atoms with Crippen molar-refractivity contribution in [1.82, 2.24) is 5.32 Å². The van der Waals surface area contributed by atoms with Crippen molar-refractivity contribution in [3.63, 3.8) is 0 Å². The van der Waals surface area contributed by atoms with Gasteiger partial charge in [-0.15, -0.1) is 11.8 Å². The highest BCUT2D eigenvalue weighted by Crippen LogP contribution is 2.50. The highest BCUT2D eigenvalue weighted by Gasteiger charge is 2.44. The SMILES string of the molecule is CC#CC[C@@H](C)[C@H](O)C=C[C@@H]1[C@H]2CC(=CCCCCNCC)C[C@H]2C[C@H]1O. The highest BCUT2D eigenvalue weighted by atomic mass is 16.3. The van der Waals surface area contributed by atoms with Gasteiger partial charge in [-0.25, -0.2) is 0 Å². The van der Waals surface area contributed by atoms with Gasteiger partial charge in [-0.05, 0) is 76.3 Å². The van der Waals surface area contributed by atoms with Crippen LogP contribution in [0.25, 0.3) is 0 Å². The van der Waals surface area contributed by atoms with Crippen LogP contribution < -0.4 is 5.32 Å². The summed E-state index contributed by atoms with van der Waals surface area (Å²) in [7, 11) is 0. The molecule has 152 valence electrons. The number of aliphatic hydroxyl groups is 2. The number of hydrogen-bond acceptors (Lipinski definition) is 3. The number of allylic oxidation sites excluding steroid dienone is 2. The Bertz CT molecular complexity index is 556. The van der Waals surface area contributed by atoms with Gasteiger partial charge in [0.15, 0.2) is 0 Å². The number of fused-ring (bicyclic) bond motifs is 1. The third-order valence-electron chi connectivity index (χ3n) is 6.32. The second kappa shape index (κ2) is 11.7. The Labute approximate surface area is 166 Å². The lowest BCUT2D eigenvalue weighted by Crippen LogP contribution is -2.19.